The molecule has 256 valence electrons. The van der Waals surface area contributed by atoms with E-state index in [-0.39, 0.29) is 0 Å². The topological polar surface area (TPSA) is 72.4 Å². The second kappa shape index (κ2) is 25.9. The molecule has 1 N–H and O–H groups in total. The molecule has 0 atom stereocenters. The fourth-order valence-electron chi connectivity index (χ4n) is 4.23. The molecule has 7 nitrogen and oxygen atoms in total. The predicted molar refractivity (Wildman–Crippen MR) is 207 cm³/mol. The number of allylic oxidation sites excluding steroid dienone is 9. The fraction of sp³-hybridized carbons (Fsp3) is 0.359. The van der Waals surface area contributed by atoms with E-state index in [0.29, 0.717) is 5.02 Å². The van der Waals surface area contributed by atoms with Gasteiger partial charge >= 0.3 is 0 Å². The second-order valence-electron chi connectivity index (χ2n) is 9.91. The lowest BCUT2D eigenvalue weighted by Crippen LogP contribution is -2.31. The molecular formula is C39H56ClN5O2. The molecule has 1 aliphatic rings. The lowest BCUT2D eigenvalue weighted by atomic mass is 10.1. The highest BCUT2D eigenvalue weighted by molar-refractivity contribution is 6.31. The van der Waals surface area contributed by atoms with Crippen LogP contribution < -0.4 is 10.2 Å². The van der Waals surface area contributed by atoms with E-state index in [1.54, 1.807) is 39.7 Å². The number of fused-ring (bicyclic) bond motifs is 1. The standard InChI is InChI=1S/C22H29N3O.C10H9ClN2.C3H6.C2H6O.C2H6/c1-6-11-19(12-7-2)21-16-20(17(3)15-18(4)26-5)23-22(24-21)25-13-9-8-10-14-25;1-12-9-4-5-13-10-6-7(11)2-3-8(9)10;2*1-3-2;1-2/h6-7,11-12,15-16H,1,3,8-10,13-14H2,2,4-5H3;2-6H,1H3,(H,12,13);3H,1H2,2H3;1-2H3;1-2H3/b12-7-,18-15+,19-11+;;;;. The highest BCUT2D eigenvalue weighted by atomic mass is 35.5. The molecule has 4 rings (SSSR count). The van der Waals surface area contributed by atoms with Crippen molar-refractivity contribution >= 4 is 45.3 Å². The summed E-state index contributed by atoms with van der Waals surface area (Å²) in [6.45, 7) is 23.1. The first kappa shape index (κ1) is 42.8. The maximum Gasteiger partial charge on any atom is 0.226 e. The molecule has 1 aromatic carbocycles. The van der Waals surface area contributed by atoms with E-state index < -0.39 is 0 Å². The van der Waals surface area contributed by atoms with Crippen molar-refractivity contribution < 1.29 is 9.47 Å². The first-order chi connectivity index (χ1) is 22.7. The number of hydrogen-bond acceptors (Lipinski definition) is 7. The predicted octanol–water partition coefficient (Wildman–Crippen LogP) is 10.6. The number of pyridine rings is 1. The number of rotatable bonds is 8. The van der Waals surface area contributed by atoms with Crippen LogP contribution in [0, 0.1) is 0 Å². The van der Waals surface area contributed by atoms with Crippen LogP contribution in [0.2, 0.25) is 5.02 Å². The van der Waals surface area contributed by atoms with Crippen molar-refractivity contribution in [2.75, 3.05) is 51.7 Å². The summed E-state index contributed by atoms with van der Waals surface area (Å²) >= 11 is 5.85. The van der Waals surface area contributed by atoms with Crippen molar-refractivity contribution in [3.05, 3.63) is 115 Å². The summed E-state index contributed by atoms with van der Waals surface area (Å²) < 4.78 is 9.50. The maximum atomic E-state index is 5.85. The number of nitrogens with one attached hydrogen (secondary N) is 1. The molecule has 0 spiro atoms. The van der Waals surface area contributed by atoms with Gasteiger partial charge in [0.1, 0.15) is 0 Å². The van der Waals surface area contributed by atoms with Crippen molar-refractivity contribution in [2.45, 2.75) is 53.9 Å². The Balaban J connectivity index is 0.000000833. The number of aromatic nitrogens is 3. The van der Waals surface area contributed by atoms with Gasteiger partial charge in [-0.25, -0.2) is 9.97 Å². The van der Waals surface area contributed by atoms with Gasteiger partial charge in [-0.3, -0.25) is 4.98 Å². The molecule has 0 radical (unpaired) electrons. The average molecular weight is 662 g/mol. The lowest BCUT2D eigenvalue weighted by molar-refractivity contribution is 0.277. The van der Waals surface area contributed by atoms with Crippen LogP contribution >= 0.6 is 11.6 Å². The van der Waals surface area contributed by atoms with E-state index in [9.17, 15) is 0 Å². The number of methoxy groups -OCH3 is 2. The van der Waals surface area contributed by atoms with Crippen LogP contribution in [-0.2, 0) is 9.47 Å². The van der Waals surface area contributed by atoms with Gasteiger partial charge in [0.25, 0.3) is 0 Å². The summed E-state index contributed by atoms with van der Waals surface area (Å²) in [6, 6.07) is 9.61. The first-order valence-electron chi connectivity index (χ1n) is 15.9. The van der Waals surface area contributed by atoms with Crippen molar-refractivity contribution in [3.63, 3.8) is 0 Å². The van der Waals surface area contributed by atoms with Crippen molar-refractivity contribution in [2.24, 2.45) is 0 Å². The number of halogens is 1. The van der Waals surface area contributed by atoms with E-state index in [1.807, 2.05) is 96.3 Å². The average Bonchev–Trinajstić information content (AvgIpc) is 3.09. The van der Waals surface area contributed by atoms with Gasteiger partial charge in [-0.2, -0.15) is 0 Å². The van der Waals surface area contributed by atoms with Crippen LogP contribution in [0.4, 0.5) is 11.6 Å². The van der Waals surface area contributed by atoms with E-state index in [1.165, 1.54) is 19.3 Å². The summed E-state index contributed by atoms with van der Waals surface area (Å²) in [5.74, 6) is 1.56. The highest BCUT2D eigenvalue weighted by Crippen LogP contribution is 2.25. The van der Waals surface area contributed by atoms with Gasteiger partial charge in [0.15, 0.2) is 0 Å². The summed E-state index contributed by atoms with van der Waals surface area (Å²) in [6.07, 6.45) is 16.8. The number of piperidine rings is 1. The number of nitrogens with zero attached hydrogens (tertiary/aromatic N) is 4. The van der Waals surface area contributed by atoms with Gasteiger partial charge < -0.3 is 19.7 Å². The molecule has 47 heavy (non-hydrogen) atoms. The van der Waals surface area contributed by atoms with Gasteiger partial charge in [0, 0.05) is 56.6 Å². The second-order valence-corrected chi connectivity index (χ2v) is 10.4. The van der Waals surface area contributed by atoms with Gasteiger partial charge in [0.2, 0.25) is 5.95 Å². The summed E-state index contributed by atoms with van der Waals surface area (Å²) in [4.78, 5) is 16.1. The van der Waals surface area contributed by atoms with Gasteiger partial charge in [0.05, 0.1) is 29.8 Å². The largest absolute Gasteiger partial charge is 0.501 e. The third-order valence-corrected chi connectivity index (χ3v) is 6.53. The third-order valence-electron chi connectivity index (χ3n) is 6.30. The van der Waals surface area contributed by atoms with Crippen molar-refractivity contribution in [1.29, 1.82) is 0 Å². The highest BCUT2D eigenvalue weighted by Gasteiger charge is 2.17. The lowest BCUT2D eigenvalue weighted by Gasteiger charge is -2.27. The molecular weight excluding hydrogens is 606 g/mol. The number of benzene rings is 1. The molecule has 0 bridgehead atoms. The van der Waals surface area contributed by atoms with Crippen LogP contribution in [0.25, 0.3) is 22.0 Å². The Morgan fingerprint density at radius 1 is 0.979 bits per heavy atom. The first-order valence-corrected chi connectivity index (χ1v) is 16.3. The molecule has 1 saturated heterocycles. The van der Waals surface area contributed by atoms with Crippen LogP contribution in [0.15, 0.2) is 98.5 Å². The molecule has 0 unspecified atom stereocenters. The minimum atomic E-state index is 0.716. The van der Waals surface area contributed by atoms with Gasteiger partial charge in [-0.1, -0.05) is 69.0 Å². The monoisotopic (exact) mass is 661 g/mol. The normalized spacial score (nSPS) is 12.5. The number of ether oxygens (including phenoxy) is 2. The molecule has 3 heterocycles. The van der Waals surface area contributed by atoms with E-state index in [2.05, 4.69) is 39.7 Å². The van der Waals surface area contributed by atoms with Crippen LogP contribution in [-0.4, -0.2) is 56.4 Å². The zero-order valence-corrected chi connectivity index (χ0v) is 30.8. The molecule has 0 aliphatic carbocycles. The summed E-state index contributed by atoms with van der Waals surface area (Å²) in [7, 11) is 6.80. The van der Waals surface area contributed by atoms with E-state index in [0.717, 1.165) is 63.9 Å². The van der Waals surface area contributed by atoms with E-state index >= 15 is 0 Å². The molecule has 0 amide bonds. The van der Waals surface area contributed by atoms with Gasteiger partial charge in [-0.15, -0.1) is 6.58 Å². The van der Waals surface area contributed by atoms with Crippen molar-refractivity contribution in [1.82, 2.24) is 15.0 Å². The van der Waals surface area contributed by atoms with Crippen LogP contribution in [0.3, 0.4) is 0 Å². The maximum absolute atomic E-state index is 5.85. The Morgan fingerprint density at radius 2 is 1.60 bits per heavy atom. The molecule has 1 aliphatic heterocycles. The molecule has 8 heteroatoms. The van der Waals surface area contributed by atoms with E-state index in [4.69, 9.17) is 26.3 Å². The Morgan fingerprint density at radius 3 is 2.15 bits per heavy atom. The smallest absolute Gasteiger partial charge is 0.226 e. The van der Waals surface area contributed by atoms with Gasteiger partial charge in [-0.05, 0) is 87.6 Å². The van der Waals surface area contributed by atoms with Crippen LogP contribution in [0.5, 0.6) is 0 Å². The third kappa shape index (κ3) is 15.8. The Bertz CT molecular complexity index is 1460. The van der Waals surface area contributed by atoms with Crippen LogP contribution in [0.1, 0.15) is 65.3 Å². The number of hydrogen-bond donors (Lipinski definition) is 1. The summed E-state index contributed by atoms with van der Waals surface area (Å²) in [5, 5.41) is 4.91. The minimum absolute atomic E-state index is 0.716. The summed E-state index contributed by atoms with van der Waals surface area (Å²) in [5.41, 5.74) is 5.49. The Kier molecular flexibility index (Phi) is 23.6. The zero-order valence-electron chi connectivity index (χ0n) is 30.1. The Labute approximate surface area is 289 Å². The molecule has 1 fully saturated rings. The fourth-order valence-corrected chi connectivity index (χ4v) is 4.40. The zero-order chi connectivity index (χ0) is 35.6. The molecule has 0 saturated carbocycles. The molecule has 3 aromatic rings. The van der Waals surface area contributed by atoms with Crippen molar-refractivity contribution in [3.8, 4) is 0 Å². The SMILES string of the molecule is C=C/C=C(\C=C/C)c1cc(C(=C)/C=C(\C)OC)nc(N2CCCCC2)n1.C=CC.CC.CNc1ccnc2cc(Cl)ccc12.COC. The molecule has 2 aromatic heterocycles. The minimum Gasteiger partial charge on any atom is -0.501 e. The Hall–Kier alpha value is -4.20. The quantitative estimate of drug-likeness (QED) is 0.146. The number of anilines is 2.